The highest BCUT2D eigenvalue weighted by Gasteiger charge is 2.17. The van der Waals surface area contributed by atoms with E-state index < -0.39 is 15.8 Å². The van der Waals surface area contributed by atoms with Crippen LogP contribution in [0, 0.1) is 24.1 Å². The van der Waals surface area contributed by atoms with Gasteiger partial charge < -0.3 is 5.73 Å². The Labute approximate surface area is 191 Å². The van der Waals surface area contributed by atoms with E-state index in [-0.39, 0.29) is 21.8 Å². The van der Waals surface area contributed by atoms with Gasteiger partial charge in [0.15, 0.2) is 0 Å². The van der Waals surface area contributed by atoms with E-state index in [1.54, 1.807) is 72.8 Å². The number of rotatable bonds is 5. The van der Waals surface area contributed by atoms with Gasteiger partial charge in [-0.05, 0) is 43.3 Å². The second-order valence-electron chi connectivity index (χ2n) is 7.40. The molecule has 0 saturated heterocycles. The summed E-state index contributed by atoms with van der Waals surface area (Å²) < 4.78 is 42.2. The predicted molar refractivity (Wildman–Crippen MR) is 126 cm³/mol. The summed E-state index contributed by atoms with van der Waals surface area (Å²) in [5.41, 5.74) is 9.05. The van der Waals surface area contributed by atoms with Crippen LogP contribution in [0.25, 0.3) is 22.4 Å². The van der Waals surface area contributed by atoms with E-state index in [9.17, 15) is 18.1 Å². The van der Waals surface area contributed by atoms with Crippen LogP contribution in [0.15, 0.2) is 83.8 Å². The minimum Gasteiger partial charge on any atom is -0.383 e. The molecular formula is C25H19FN4O2S. The fourth-order valence-electron chi connectivity index (χ4n) is 3.36. The van der Waals surface area contributed by atoms with E-state index in [1.165, 1.54) is 6.07 Å². The molecular weight excluding hydrogens is 439 g/mol. The van der Waals surface area contributed by atoms with E-state index in [1.807, 2.05) is 13.0 Å². The lowest BCUT2D eigenvalue weighted by Gasteiger charge is -2.12. The highest BCUT2D eigenvalue weighted by Crippen LogP contribution is 2.33. The van der Waals surface area contributed by atoms with Crippen LogP contribution < -0.4 is 10.5 Å². The monoisotopic (exact) mass is 458 g/mol. The number of halogens is 1. The number of benzene rings is 3. The predicted octanol–water partition coefficient (Wildman–Crippen LogP) is 5.12. The number of anilines is 2. The second-order valence-corrected chi connectivity index (χ2v) is 9.09. The van der Waals surface area contributed by atoms with Crippen molar-refractivity contribution in [3.8, 4) is 28.5 Å². The topological polar surface area (TPSA) is 109 Å². The Hall–Kier alpha value is -4.22. The highest BCUT2D eigenvalue weighted by atomic mass is 32.2. The highest BCUT2D eigenvalue weighted by molar-refractivity contribution is 7.92. The number of aromatic nitrogens is 1. The molecule has 8 heteroatoms. The van der Waals surface area contributed by atoms with Crippen LogP contribution in [0.4, 0.5) is 15.9 Å². The van der Waals surface area contributed by atoms with E-state index in [0.717, 1.165) is 5.56 Å². The number of nitrogens with two attached hydrogens (primary N) is 1. The van der Waals surface area contributed by atoms with Gasteiger partial charge in [-0.3, -0.25) is 4.72 Å². The minimum absolute atomic E-state index is 0.0163. The Bertz CT molecular complexity index is 1480. The molecule has 1 heterocycles. The van der Waals surface area contributed by atoms with Crippen molar-refractivity contribution in [2.75, 3.05) is 10.5 Å². The fourth-order valence-corrected chi connectivity index (χ4v) is 4.42. The maximum atomic E-state index is 14.4. The first kappa shape index (κ1) is 22.0. The molecule has 3 N–H and O–H groups in total. The van der Waals surface area contributed by atoms with Gasteiger partial charge in [0.1, 0.15) is 23.3 Å². The molecule has 0 saturated carbocycles. The third kappa shape index (κ3) is 4.54. The van der Waals surface area contributed by atoms with Crippen molar-refractivity contribution in [3.05, 3.63) is 95.8 Å². The molecule has 0 amide bonds. The molecule has 4 rings (SSSR count). The molecule has 0 spiro atoms. The van der Waals surface area contributed by atoms with Crippen molar-refractivity contribution >= 4 is 21.5 Å². The van der Waals surface area contributed by atoms with Gasteiger partial charge in [0.2, 0.25) is 0 Å². The standard InChI is InChI=1S/C25H19FN4O2S/c1-16-6-12-19(13-7-16)33(31,32)30-18-10-8-17(9-11-18)24-14-21(22(15-27)25(28)29-24)20-4-2-3-5-23(20)26/h2-14,30H,1H3,(H2,28,29). The number of nitrogen functional groups attached to an aromatic ring is 1. The van der Waals surface area contributed by atoms with E-state index >= 15 is 0 Å². The first-order valence-corrected chi connectivity index (χ1v) is 11.4. The lowest BCUT2D eigenvalue weighted by atomic mass is 9.98. The summed E-state index contributed by atoms with van der Waals surface area (Å²) in [4.78, 5) is 4.44. The van der Waals surface area contributed by atoms with Crippen LogP contribution >= 0.6 is 0 Å². The molecule has 6 nitrogen and oxygen atoms in total. The maximum Gasteiger partial charge on any atom is 0.261 e. The summed E-state index contributed by atoms with van der Waals surface area (Å²) in [5.74, 6) is -0.496. The Balaban J connectivity index is 1.68. The van der Waals surface area contributed by atoms with Crippen molar-refractivity contribution in [1.82, 2.24) is 4.98 Å². The molecule has 0 radical (unpaired) electrons. The lowest BCUT2D eigenvalue weighted by molar-refractivity contribution is 0.601. The molecule has 3 aromatic carbocycles. The normalized spacial score (nSPS) is 11.1. The van der Waals surface area contributed by atoms with Gasteiger partial charge in [-0.15, -0.1) is 0 Å². The average Bonchev–Trinajstić information content (AvgIpc) is 2.79. The SMILES string of the molecule is Cc1ccc(S(=O)(=O)Nc2ccc(-c3cc(-c4ccccc4F)c(C#N)c(N)n3)cc2)cc1. The summed E-state index contributed by atoms with van der Waals surface area (Å²) in [5, 5.41) is 9.51. The van der Waals surface area contributed by atoms with Gasteiger partial charge in [0.05, 0.1) is 10.6 Å². The maximum absolute atomic E-state index is 14.4. The van der Waals surface area contributed by atoms with Crippen LogP contribution in [-0.4, -0.2) is 13.4 Å². The zero-order valence-electron chi connectivity index (χ0n) is 17.6. The number of pyridine rings is 1. The Kier molecular flexibility index (Phi) is 5.82. The summed E-state index contributed by atoms with van der Waals surface area (Å²) in [6.07, 6.45) is 0. The molecule has 0 bridgehead atoms. The third-order valence-corrected chi connectivity index (χ3v) is 6.48. The van der Waals surface area contributed by atoms with E-state index in [2.05, 4.69) is 9.71 Å². The first-order chi connectivity index (χ1) is 15.8. The summed E-state index contributed by atoms with van der Waals surface area (Å²) in [7, 11) is -3.73. The molecule has 0 fully saturated rings. The smallest absolute Gasteiger partial charge is 0.261 e. The molecule has 0 atom stereocenters. The molecule has 0 aliphatic heterocycles. The third-order valence-electron chi connectivity index (χ3n) is 5.09. The van der Waals surface area contributed by atoms with Crippen molar-refractivity contribution in [1.29, 1.82) is 5.26 Å². The number of aryl methyl sites for hydroxylation is 1. The van der Waals surface area contributed by atoms with Gasteiger partial charge in [-0.25, -0.2) is 17.8 Å². The number of nitriles is 1. The Morgan fingerprint density at radius 3 is 2.27 bits per heavy atom. The summed E-state index contributed by atoms with van der Waals surface area (Å²) >= 11 is 0. The number of sulfonamides is 1. The molecule has 0 unspecified atom stereocenters. The molecule has 33 heavy (non-hydrogen) atoms. The van der Waals surface area contributed by atoms with Gasteiger partial charge in [0, 0.05) is 22.4 Å². The van der Waals surface area contributed by atoms with Gasteiger partial charge in [-0.1, -0.05) is 48.0 Å². The van der Waals surface area contributed by atoms with Crippen molar-refractivity contribution in [3.63, 3.8) is 0 Å². The first-order valence-electron chi connectivity index (χ1n) is 9.94. The molecule has 164 valence electrons. The van der Waals surface area contributed by atoms with E-state index in [4.69, 9.17) is 5.73 Å². The van der Waals surface area contributed by atoms with Crippen molar-refractivity contribution in [2.45, 2.75) is 11.8 Å². The van der Waals surface area contributed by atoms with Gasteiger partial charge in [0.25, 0.3) is 10.0 Å². The lowest BCUT2D eigenvalue weighted by Crippen LogP contribution is -2.12. The molecule has 1 aromatic heterocycles. The number of nitrogens with one attached hydrogen (secondary N) is 1. The summed E-state index contributed by atoms with van der Waals surface area (Å²) in [6, 6.07) is 22.8. The van der Waals surface area contributed by atoms with Crippen LogP contribution in [0.1, 0.15) is 11.1 Å². The molecule has 0 aliphatic carbocycles. The Morgan fingerprint density at radius 2 is 1.64 bits per heavy atom. The largest absolute Gasteiger partial charge is 0.383 e. The van der Waals surface area contributed by atoms with Crippen molar-refractivity contribution < 1.29 is 12.8 Å². The van der Waals surface area contributed by atoms with Crippen LogP contribution in [-0.2, 0) is 10.0 Å². The van der Waals surface area contributed by atoms with Crippen molar-refractivity contribution in [2.24, 2.45) is 0 Å². The van der Waals surface area contributed by atoms with E-state index in [0.29, 0.717) is 22.5 Å². The molecule has 0 aliphatic rings. The number of nitrogens with zero attached hydrogens (tertiary/aromatic N) is 2. The van der Waals surface area contributed by atoms with Gasteiger partial charge in [-0.2, -0.15) is 5.26 Å². The molecule has 4 aromatic rings. The van der Waals surface area contributed by atoms with Gasteiger partial charge >= 0.3 is 0 Å². The van der Waals surface area contributed by atoms with Crippen LogP contribution in [0.5, 0.6) is 0 Å². The zero-order valence-corrected chi connectivity index (χ0v) is 18.4. The Morgan fingerprint density at radius 1 is 0.970 bits per heavy atom. The minimum atomic E-state index is -3.73. The van der Waals surface area contributed by atoms with Crippen LogP contribution in [0.2, 0.25) is 0 Å². The summed E-state index contributed by atoms with van der Waals surface area (Å²) in [6.45, 7) is 1.88. The number of hydrogen-bond acceptors (Lipinski definition) is 5. The second kappa shape index (κ2) is 8.73. The van der Waals surface area contributed by atoms with Crippen LogP contribution in [0.3, 0.4) is 0 Å². The fraction of sp³-hybridized carbons (Fsp3) is 0.0400. The number of hydrogen-bond donors (Lipinski definition) is 2. The quantitative estimate of drug-likeness (QED) is 0.432. The average molecular weight is 459 g/mol. The zero-order chi connectivity index (χ0) is 23.6.